The van der Waals surface area contributed by atoms with Crippen molar-refractivity contribution in [3.05, 3.63) is 0 Å². The monoisotopic (exact) mass is 283 g/mol. The summed E-state index contributed by atoms with van der Waals surface area (Å²) < 4.78 is 40.0. The Hall–Kier alpha value is -0.820. The van der Waals surface area contributed by atoms with E-state index in [9.17, 15) is 23.1 Å². The lowest BCUT2D eigenvalue weighted by atomic mass is 10.1. The van der Waals surface area contributed by atoms with E-state index in [0.717, 1.165) is 25.7 Å². The van der Waals surface area contributed by atoms with E-state index in [2.05, 4.69) is 4.74 Å². The summed E-state index contributed by atoms with van der Waals surface area (Å²) in [6, 6.07) is -0.211. The van der Waals surface area contributed by atoms with Gasteiger partial charge in [0.05, 0.1) is 25.7 Å². The number of aliphatic hydroxyl groups excluding tert-OH is 1. The zero-order chi connectivity index (χ0) is 14.3. The molecule has 0 aromatic heterocycles. The number of likely N-dealkylation sites (tertiary alicyclic amines) is 1. The van der Waals surface area contributed by atoms with Crippen molar-refractivity contribution >= 4 is 5.91 Å². The van der Waals surface area contributed by atoms with E-state index in [1.165, 1.54) is 0 Å². The molecule has 1 N–H and O–H groups in total. The van der Waals surface area contributed by atoms with E-state index >= 15 is 0 Å². The molecule has 1 atom stereocenters. The average molecular weight is 283 g/mol. The first-order chi connectivity index (χ1) is 8.94. The second kappa shape index (κ2) is 7.69. The molecule has 1 heterocycles. The lowest BCUT2D eigenvalue weighted by Crippen LogP contribution is -2.42. The number of amides is 1. The average Bonchev–Trinajstić information content (AvgIpc) is 2.58. The van der Waals surface area contributed by atoms with Crippen molar-refractivity contribution in [3.63, 3.8) is 0 Å². The highest BCUT2D eigenvalue weighted by Crippen LogP contribution is 2.18. The van der Waals surface area contributed by atoms with Gasteiger partial charge in [-0.05, 0) is 12.8 Å². The first-order valence-electron chi connectivity index (χ1n) is 6.49. The largest absolute Gasteiger partial charge is 0.411 e. The molecular formula is C12H20F3NO3. The number of aliphatic hydroxyl groups is 1. The van der Waals surface area contributed by atoms with Crippen LogP contribution in [0.3, 0.4) is 0 Å². The van der Waals surface area contributed by atoms with Gasteiger partial charge in [-0.25, -0.2) is 0 Å². The Morgan fingerprint density at radius 1 is 1.32 bits per heavy atom. The van der Waals surface area contributed by atoms with E-state index < -0.39 is 12.8 Å². The van der Waals surface area contributed by atoms with Gasteiger partial charge in [0, 0.05) is 6.54 Å². The predicted molar refractivity (Wildman–Crippen MR) is 62.5 cm³/mol. The maximum Gasteiger partial charge on any atom is 0.411 e. The fraction of sp³-hybridized carbons (Fsp3) is 0.917. The fourth-order valence-corrected chi connectivity index (χ4v) is 2.19. The Balaban J connectivity index is 2.34. The van der Waals surface area contributed by atoms with Crippen molar-refractivity contribution in [3.8, 4) is 0 Å². The molecule has 1 unspecified atom stereocenters. The highest BCUT2D eigenvalue weighted by molar-refractivity contribution is 5.76. The van der Waals surface area contributed by atoms with Gasteiger partial charge in [-0.15, -0.1) is 0 Å². The Morgan fingerprint density at radius 3 is 2.68 bits per heavy atom. The van der Waals surface area contributed by atoms with Crippen molar-refractivity contribution in [2.24, 2.45) is 0 Å². The fourth-order valence-electron chi connectivity index (χ4n) is 2.19. The molecule has 1 amide bonds. The molecule has 0 radical (unpaired) electrons. The molecule has 1 aliphatic heterocycles. The predicted octanol–water partition coefficient (Wildman–Crippen LogP) is 1.72. The summed E-state index contributed by atoms with van der Waals surface area (Å²) in [5, 5.41) is 9.24. The minimum atomic E-state index is -4.36. The van der Waals surface area contributed by atoms with Crippen LogP contribution < -0.4 is 0 Å². The summed E-state index contributed by atoms with van der Waals surface area (Å²) in [6.45, 7) is -1.12. The maximum absolute atomic E-state index is 11.9. The van der Waals surface area contributed by atoms with Crippen LogP contribution in [0.25, 0.3) is 0 Å². The molecule has 1 aliphatic rings. The molecule has 4 nitrogen and oxygen atoms in total. The summed E-state index contributed by atoms with van der Waals surface area (Å²) in [5.41, 5.74) is 0. The van der Waals surface area contributed by atoms with Crippen molar-refractivity contribution in [2.75, 3.05) is 26.4 Å². The van der Waals surface area contributed by atoms with Crippen LogP contribution in [0, 0.1) is 0 Å². The van der Waals surface area contributed by atoms with E-state index in [-0.39, 0.29) is 31.6 Å². The molecule has 0 bridgehead atoms. The third kappa shape index (κ3) is 6.24. The van der Waals surface area contributed by atoms with Crippen LogP contribution in [0.4, 0.5) is 13.2 Å². The van der Waals surface area contributed by atoms with Gasteiger partial charge >= 0.3 is 6.18 Å². The van der Waals surface area contributed by atoms with Crippen molar-refractivity contribution in [1.82, 2.24) is 4.90 Å². The number of carbonyl (C=O) groups excluding carboxylic acids is 1. The van der Waals surface area contributed by atoms with Crippen molar-refractivity contribution in [1.29, 1.82) is 0 Å². The molecule has 19 heavy (non-hydrogen) atoms. The van der Waals surface area contributed by atoms with E-state index in [1.54, 1.807) is 4.90 Å². The summed E-state index contributed by atoms with van der Waals surface area (Å²) >= 11 is 0. The van der Waals surface area contributed by atoms with Crippen LogP contribution in [-0.2, 0) is 9.53 Å². The van der Waals surface area contributed by atoms with Gasteiger partial charge in [0.15, 0.2) is 0 Å². The van der Waals surface area contributed by atoms with Gasteiger partial charge in [-0.3, -0.25) is 4.79 Å². The van der Waals surface area contributed by atoms with Gasteiger partial charge in [0.2, 0.25) is 5.91 Å². The first-order valence-corrected chi connectivity index (χ1v) is 6.49. The van der Waals surface area contributed by atoms with Crippen LogP contribution in [0.1, 0.15) is 32.1 Å². The third-order valence-corrected chi connectivity index (χ3v) is 3.13. The quantitative estimate of drug-likeness (QED) is 0.782. The van der Waals surface area contributed by atoms with Gasteiger partial charge in [0.1, 0.15) is 6.61 Å². The van der Waals surface area contributed by atoms with E-state index in [0.29, 0.717) is 6.54 Å². The Morgan fingerprint density at radius 2 is 2.05 bits per heavy atom. The third-order valence-electron chi connectivity index (χ3n) is 3.13. The highest BCUT2D eigenvalue weighted by atomic mass is 19.4. The van der Waals surface area contributed by atoms with E-state index in [4.69, 9.17) is 0 Å². The molecule has 0 saturated carbocycles. The standard InChI is InChI=1S/C12H20F3NO3/c13-12(14,15)9-19-7-5-11(18)16-6-3-1-2-4-10(16)8-17/h10,17H,1-9H2. The molecule has 0 aliphatic carbocycles. The van der Waals surface area contributed by atoms with Crippen LogP contribution in [-0.4, -0.2) is 54.5 Å². The number of hydrogen-bond acceptors (Lipinski definition) is 3. The zero-order valence-electron chi connectivity index (χ0n) is 10.8. The number of ether oxygens (including phenoxy) is 1. The van der Waals surface area contributed by atoms with Gasteiger partial charge in [-0.1, -0.05) is 12.8 Å². The molecule has 1 saturated heterocycles. The topological polar surface area (TPSA) is 49.8 Å². The Kier molecular flexibility index (Phi) is 6.57. The second-order valence-corrected chi connectivity index (χ2v) is 4.69. The minimum absolute atomic E-state index is 0.0768. The number of nitrogens with zero attached hydrogens (tertiary/aromatic N) is 1. The minimum Gasteiger partial charge on any atom is -0.394 e. The summed E-state index contributed by atoms with van der Waals surface area (Å²) in [5.74, 6) is -0.247. The van der Waals surface area contributed by atoms with Crippen LogP contribution >= 0.6 is 0 Å². The molecule has 1 fully saturated rings. The normalized spacial score (nSPS) is 21.3. The van der Waals surface area contributed by atoms with Gasteiger partial charge < -0.3 is 14.7 Å². The number of alkyl halides is 3. The molecule has 0 aromatic carbocycles. The molecule has 0 aromatic rings. The highest BCUT2D eigenvalue weighted by Gasteiger charge is 2.28. The maximum atomic E-state index is 11.9. The lowest BCUT2D eigenvalue weighted by molar-refractivity contribution is -0.175. The van der Waals surface area contributed by atoms with E-state index in [1.807, 2.05) is 0 Å². The summed E-state index contributed by atoms with van der Waals surface area (Å²) in [4.78, 5) is 13.5. The summed E-state index contributed by atoms with van der Waals surface area (Å²) in [6.07, 6.45) is -0.867. The van der Waals surface area contributed by atoms with Crippen molar-refractivity contribution < 1.29 is 27.8 Å². The number of halogens is 3. The molecule has 0 spiro atoms. The lowest BCUT2D eigenvalue weighted by Gasteiger charge is -2.28. The zero-order valence-corrected chi connectivity index (χ0v) is 10.8. The number of carbonyl (C=O) groups is 1. The number of rotatable bonds is 5. The Bertz CT molecular complexity index is 284. The summed E-state index contributed by atoms with van der Waals surface area (Å²) in [7, 11) is 0. The van der Waals surface area contributed by atoms with Gasteiger partial charge in [0.25, 0.3) is 0 Å². The smallest absolute Gasteiger partial charge is 0.394 e. The Labute approximate surface area is 110 Å². The van der Waals surface area contributed by atoms with Gasteiger partial charge in [-0.2, -0.15) is 13.2 Å². The molecular weight excluding hydrogens is 263 g/mol. The molecule has 7 heteroatoms. The second-order valence-electron chi connectivity index (χ2n) is 4.69. The molecule has 112 valence electrons. The van der Waals surface area contributed by atoms with Crippen molar-refractivity contribution in [2.45, 2.75) is 44.3 Å². The van der Waals surface area contributed by atoms with Crippen LogP contribution in [0.15, 0.2) is 0 Å². The molecule has 1 rings (SSSR count). The van der Waals surface area contributed by atoms with Crippen LogP contribution in [0.2, 0.25) is 0 Å². The van der Waals surface area contributed by atoms with Crippen LogP contribution in [0.5, 0.6) is 0 Å². The SMILES string of the molecule is O=C(CCOCC(F)(F)F)N1CCCCCC1CO. The first kappa shape index (κ1) is 16.2. The number of hydrogen-bond donors (Lipinski definition) is 1.